The minimum absolute atomic E-state index is 0.0493. The Hall–Kier alpha value is -2.28. The second-order valence-corrected chi connectivity index (χ2v) is 5.67. The summed E-state index contributed by atoms with van der Waals surface area (Å²) in [5, 5.41) is 0. The Kier molecular flexibility index (Phi) is 3.80. The number of sulfonamides is 1. The lowest BCUT2D eigenvalue weighted by atomic mass is 10.3. The first-order valence-electron chi connectivity index (χ1n) is 5.64. The van der Waals surface area contributed by atoms with Gasteiger partial charge in [0, 0.05) is 6.07 Å². The van der Waals surface area contributed by atoms with E-state index < -0.39 is 15.8 Å². The predicted molar refractivity (Wildman–Crippen MR) is 74.6 cm³/mol. The Bertz CT molecular complexity index is 732. The molecule has 0 unspecified atom stereocenters. The molecule has 3 N–H and O–H groups in total. The number of rotatable bonds is 4. The van der Waals surface area contributed by atoms with Crippen LogP contribution < -0.4 is 15.2 Å². The molecular weight excluding hydrogens is 283 g/mol. The summed E-state index contributed by atoms with van der Waals surface area (Å²) in [6, 6.07) is 9.37. The number of hydrogen-bond acceptors (Lipinski definition) is 4. The van der Waals surface area contributed by atoms with Gasteiger partial charge in [-0.1, -0.05) is 6.07 Å². The highest BCUT2D eigenvalue weighted by Gasteiger charge is 2.18. The molecule has 0 heterocycles. The molecule has 106 valence electrons. The number of anilines is 2. The van der Waals surface area contributed by atoms with E-state index in [4.69, 9.17) is 10.5 Å². The smallest absolute Gasteiger partial charge is 0.263 e. The normalized spacial score (nSPS) is 11.1. The molecule has 0 aliphatic heterocycles. The standard InChI is InChI=1S/C13H13FN2O3S/c1-19-11-5-6-13(12(15)8-11)20(17,18)16-10-4-2-3-9(14)7-10/h2-8,16H,15H2,1H3. The van der Waals surface area contributed by atoms with Gasteiger partial charge in [0.05, 0.1) is 18.5 Å². The van der Waals surface area contributed by atoms with E-state index >= 15 is 0 Å². The summed E-state index contributed by atoms with van der Waals surface area (Å²) < 4.78 is 44.6. The molecule has 0 atom stereocenters. The van der Waals surface area contributed by atoms with Crippen LogP contribution in [0.5, 0.6) is 5.75 Å². The Labute approximate surface area is 116 Å². The van der Waals surface area contributed by atoms with Crippen LogP contribution in [0.1, 0.15) is 0 Å². The molecule has 0 aliphatic rings. The fourth-order valence-electron chi connectivity index (χ4n) is 1.66. The van der Waals surface area contributed by atoms with E-state index in [1.165, 1.54) is 43.5 Å². The lowest BCUT2D eigenvalue weighted by Crippen LogP contribution is -2.14. The minimum Gasteiger partial charge on any atom is -0.497 e. The third-order valence-corrected chi connectivity index (χ3v) is 4.04. The molecule has 2 rings (SSSR count). The van der Waals surface area contributed by atoms with Crippen LogP contribution in [-0.2, 0) is 10.0 Å². The lowest BCUT2D eigenvalue weighted by Gasteiger charge is -2.11. The molecule has 2 aromatic carbocycles. The average Bonchev–Trinajstić information content (AvgIpc) is 2.37. The van der Waals surface area contributed by atoms with Crippen LogP contribution >= 0.6 is 0 Å². The molecule has 0 saturated heterocycles. The van der Waals surface area contributed by atoms with Crippen molar-refractivity contribution in [3.63, 3.8) is 0 Å². The van der Waals surface area contributed by atoms with Crippen LogP contribution in [0.4, 0.5) is 15.8 Å². The molecule has 0 aliphatic carbocycles. The van der Waals surface area contributed by atoms with Crippen LogP contribution in [0.15, 0.2) is 47.4 Å². The zero-order valence-corrected chi connectivity index (χ0v) is 11.4. The van der Waals surface area contributed by atoms with Crippen LogP contribution in [0, 0.1) is 5.82 Å². The third-order valence-electron chi connectivity index (χ3n) is 2.58. The van der Waals surface area contributed by atoms with Gasteiger partial charge in [-0.2, -0.15) is 0 Å². The van der Waals surface area contributed by atoms with Crippen molar-refractivity contribution in [1.29, 1.82) is 0 Å². The second-order valence-electron chi connectivity index (χ2n) is 4.02. The Morgan fingerprint density at radius 1 is 1.20 bits per heavy atom. The summed E-state index contributed by atoms with van der Waals surface area (Å²) in [5.74, 6) is -0.0832. The first kappa shape index (κ1) is 14.1. The summed E-state index contributed by atoms with van der Waals surface area (Å²) in [5.41, 5.74) is 5.87. The highest BCUT2D eigenvalue weighted by molar-refractivity contribution is 7.92. The molecule has 0 fully saturated rings. The molecule has 0 spiro atoms. The number of halogens is 1. The number of hydrogen-bond donors (Lipinski definition) is 2. The number of ether oxygens (including phenoxy) is 1. The molecular formula is C13H13FN2O3S. The Morgan fingerprint density at radius 2 is 1.95 bits per heavy atom. The topological polar surface area (TPSA) is 81.4 Å². The average molecular weight is 296 g/mol. The number of methoxy groups -OCH3 is 1. The molecule has 20 heavy (non-hydrogen) atoms. The van der Waals surface area contributed by atoms with Crippen molar-refractivity contribution < 1.29 is 17.5 Å². The maximum atomic E-state index is 13.0. The van der Waals surface area contributed by atoms with Crippen molar-refractivity contribution in [2.24, 2.45) is 0 Å². The molecule has 5 nitrogen and oxygen atoms in total. The second kappa shape index (κ2) is 5.38. The molecule has 0 amide bonds. The summed E-state index contributed by atoms with van der Waals surface area (Å²) in [6.07, 6.45) is 0. The van der Waals surface area contributed by atoms with E-state index in [0.717, 1.165) is 6.07 Å². The highest BCUT2D eigenvalue weighted by atomic mass is 32.2. The van der Waals surface area contributed by atoms with Gasteiger partial charge < -0.3 is 10.5 Å². The van der Waals surface area contributed by atoms with E-state index in [-0.39, 0.29) is 16.3 Å². The number of nitrogen functional groups attached to an aromatic ring is 1. The van der Waals surface area contributed by atoms with E-state index in [9.17, 15) is 12.8 Å². The van der Waals surface area contributed by atoms with Crippen molar-refractivity contribution in [2.75, 3.05) is 17.6 Å². The van der Waals surface area contributed by atoms with Gasteiger partial charge in [0.1, 0.15) is 16.5 Å². The SMILES string of the molecule is COc1ccc(S(=O)(=O)Nc2cccc(F)c2)c(N)c1. The van der Waals surface area contributed by atoms with Crippen LogP contribution in [-0.4, -0.2) is 15.5 Å². The molecule has 0 saturated carbocycles. The summed E-state index contributed by atoms with van der Waals surface area (Å²) in [7, 11) is -2.43. The first-order chi connectivity index (χ1) is 9.42. The first-order valence-corrected chi connectivity index (χ1v) is 7.12. The minimum atomic E-state index is -3.88. The van der Waals surface area contributed by atoms with Gasteiger partial charge in [-0.05, 0) is 30.3 Å². The molecule has 0 bridgehead atoms. The van der Waals surface area contributed by atoms with Gasteiger partial charge in [-0.25, -0.2) is 12.8 Å². The quantitative estimate of drug-likeness (QED) is 0.848. The number of nitrogens with two attached hydrogens (primary N) is 1. The Balaban J connectivity index is 2.36. The van der Waals surface area contributed by atoms with Gasteiger partial charge in [0.2, 0.25) is 0 Å². The Morgan fingerprint density at radius 3 is 2.55 bits per heavy atom. The van der Waals surface area contributed by atoms with Gasteiger partial charge >= 0.3 is 0 Å². The predicted octanol–water partition coefficient (Wildman–Crippen LogP) is 2.22. The monoisotopic (exact) mass is 296 g/mol. The van der Waals surface area contributed by atoms with Crippen molar-refractivity contribution >= 4 is 21.4 Å². The maximum Gasteiger partial charge on any atom is 0.263 e. The lowest BCUT2D eigenvalue weighted by molar-refractivity contribution is 0.414. The maximum absolute atomic E-state index is 13.0. The highest BCUT2D eigenvalue weighted by Crippen LogP contribution is 2.25. The van der Waals surface area contributed by atoms with E-state index in [1.54, 1.807) is 0 Å². The zero-order chi connectivity index (χ0) is 14.8. The van der Waals surface area contributed by atoms with Gasteiger partial charge in [-0.15, -0.1) is 0 Å². The van der Waals surface area contributed by atoms with Crippen LogP contribution in [0.25, 0.3) is 0 Å². The van der Waals surface area contributed by atoms with Crippen molar-refractivity contribution in [3.05, 3.63) is 48.3 Å². The van der Waals surface area contributed by atoms with Crippen molar-refractivity contribution in [3.8, 4) is 5.75 Å². The van der Waals surface area contributed by atoms with Gasteiger partial charge in [0.25, 0.3) is 10.0 Å². The van der Waals surface area contributed by atoms with Gasteiger partial charge in [-0.3, -0.25) is 4.72 Å². The van der Waals surface area contributed by atoms with Gasteiger partial charge in [0.15, 0.2) is 0 Å². The summed E-state index contributed by atoms with van der Waals surface area (Å²) in [4.78, 5) is -0.0949. The van der Waals surface area contributed by atoms with Crippen molar-refractivity contribution in [1.82, 2.24) is 0 Å². The summed E-state index contributed by atoms with van der Waals surface area (Å²) >= 11 is 0. The zero-order valence-electron chi connectivity index (χ0n) is 10.6. The van der Waals surface area contributed by atoms with Crippen LogP contribution in [0.2, 0.25) is 0 Å². The van der Waals surface area contributed by atoms with E-state index in [1.807, 2.05) is 0 Å². The molecule has 7 heteroatoms. The largest absolute Gasteiger partial charge is 0.497 e. The summed E-state index contributed by atoms with van der Waals surface area (Å²) in [6.45, 7) is 0. The van der Waals surface area contributed by atoms with Crippen molar-refractivity contribution in [2.45, 2.75) is 4.90 Å². The third kappa shape index (κ3) is 3.00. The van der Waals surface area contributed by atoms with Crippen LogP contribution in [0.3, 0.4) is 0 Å². The molecule has 2 aromatic rings. The fraction of sp³-hybridized carbons (Fsp3) is 0.0769. The molecule has 0 aromatic heterocycles. The molecule has 0 radical (unpaired) electrons. The number of nitrogens with one attached hydrogen (secondary N) is 1. The van der Waals surface area contributed by atoms with E-state index in [2.05, 4.69) is 4.72 Å². The number of benzene rings is 2. The fourth-order valence-corrected chi connectivity index (χ4v) is 2.82. The van der Waals surface area contributed by atoms with E-state index in [0.29, 0.717) is 5.75 Å².